The Kier molecular flexibility index (Phi) is 5.03. The van der Waals surface area contributed by atoms with Gasteiger partial charge in [0.1, 0.15) is 5.75 Å². The lowest BCUT2D eigenvalue weighted by molar-refractivity contribution is 0.0292. The lowest BCUT2D eigenvalue weighted by Gasteiger charge is -2.23. The summed E-state index contributed by atoms with van der Waals surface area (Å²) in [6.07, 6.45) is 1.41. The minimum absolute atomic E-state index is 0.193. The van der Waals surface area contributed by atoms with Gasteiger partial charge in [0.25, 0.3) is 0 Å². The van der Waals surface area contributed by atoms with Crippen LogP contribution in [0.5, 0.6) is 5.75 Å². The van der Waals surface area contributed by atoms with Crippen molar-refractivity contribution in [2.75, 3.05) is 19.7 Å². The van der Waals surface area contributed by atoms with Crippen LogP contribution in [0.3, 0.4) is 0 Å². The lowest BCUT2D eigenvalue weighted by atomic mass is 10.1. The average molecular weight is 314 g/mol. The second-order valence-electron chi connectivity index (χ2n) is 4.83. The first-order valence-electron chi connectivity index (χ1n) is 6.42. The minimum Gasteiger partial charge on any atom is -0.490 e. The smallest absolute Gasteiger partial charge is 0.133 e. The molecule has 0 saturated carbocycles. The first kappa shape index (κ1) is 13.8. The molecule has 0 aliphatic carbocycles. The van der Waals surface area contributed by atoms with Gasteiger partial charge in [-0.3, -0.25) is 0 Å². The molecule has 1 fully saturated rings. The summed E-state index contributed by atoms with van der Waals surface area (Å²) in [6.45, 7) is 6.76. The molecular weight excluding hydrogens is 294 g/mol. The summed E-state index contributed by atoms with van der Waals surface area (Å²) in [7, 11) is 0. The Morgan fingerprint density at radius 3 is 2.94 bits per heavy atom. The van der Waals surface area contributed by atoms with Crippen molar-refractivity contribution < 1.29 is 9.47 Å². The predicted octanol–water partition coefficient (Wildman–Crippen LogP) is 2.77. The second-order valence-corrected chi connectivity index (χ2v) is 5.69. The molecule has 0 amide bonds. The number of benzene rings is 1. The van der Waals surface area contributed by atoms with Gasteiger partial charge in [-0.05, 0) is 53.9 Å². The molecule has 1 aromatic carbocycles. The molecule has 0 bridgehead atoms. The van der Waals surface area contributed by atoms with E-state index in [1.165, 1.54) is 5.56 Å². The van der Waals surface area contributed by atoms with E-state index < -0.39 is 0 Å². The molecule has 1 aliphatic heterocycles. The van der Waals surface area contributed by atoms with E-state index in [0.717, 1.165) is 36.3 Å². The van der Waals surface area contributed by atoms with E-state index in [-0.39, 0.29) is 12.2 Å². The monoisotopic (exact) mass is 313 g/mol. The predicted molar refractivity (Wildman–Crippen MR) is 76.2 cm³/mol. The summed E-state index contributed by atoms with van der Waals surface area (Å²) >= 11 is 3.56. The van der Waals surface area contributed by atoms with Crippen LogP contribution in [0.15, 0.2) is 22.7 Å². The number of ether oxygens (including phenoxy) is 2. The fourth-order valence-corrected chi connectivity index (χ4v) is 2.55. The molecule has 18 heavy (non-hydrogen) atoms. The van der Waals surface area contributed by atoms with Crippen molar-refractivity contribution >= 4 is 15.9 Å². The van der Waals surface area contributed by atoms with Gasteiger partial charge in [-0.15, -0.1) is 0 Å². The van der Waals surface area contributed by atoms with E-state index in [9.17, 15) is 0 Å². The van der Waals surface area contributed by atoms with Gasteiger partial charge in [0.05, 0.1) is 23.3 Å². The Bertz CT molecular complexity index is 389. The van der Waals surface area contributed by atoms with Crippen molar-refractivity contribution in [1.82, 2.24) is 5.32 Å². The maximum absolute atomic E-state index is 5.71. The Labute approximate surface area is 117 Å². The SMILES string of the molecule is CC(C)Oc1ccc(CC2CNCCO2)cc1Br. The van der Waals surface area contributed by atoms with Crippen LogP contribution in [0.25, 0.3) is 0 Å². The largest absolute Gasteiger partial charge is 0.490 e. The fourth-order valence-electron chi connectivity index (χ4n) is 2.03. The summed E-state index contributed by atoms with van der Waals surface area (Å²) in [5.74, 6) is 0.899. The molecule has 0 radical (unpaired) electrons. The molecule has 1 saturated heterocycles. The van der Waals surface area contributed by atoms with Crippen LogP contribution in [0.4, 0.5) is 0 Å². The first-order chi connectivity index (χ1) is 8.65. The van der Waals surface area contributed by atoms with E-state index in [1.807, 2.05) is 19.9 Å². The van der Waals surface area contributed by atoms with Crippen LogP contribution in [0.2, 0.25) is 0 Å². The molecule has 1 atom stereocenters. The molecule has 1 unspecified atom stereocenters. The summed E-state index contributed by atoms with van der Waals surface area (Å²) in [5.41, 5.74) is 1.27. The van der Waals surface area contributed by atoms with Crippen molar-refractivity contribution in [3.63, 3.8) is 0 Å². The number of halogens is 1. The third-order valence-corrected chi connectivity index (χ3v) is 3.45. The zero-order chi connectivity index (χ0) is 13.0. The molecule has 1 heterocycles. The number of rotatable bonds is 4. The van der Waals surface area contributed by atoms with Crippen LogP contribution in [0.1, 0.15) is 19.4 Å². The number of hydrogen-bond acceptors (Lipinski definition) is 3. The third kappa shape index (κ3) is 3.97. The molecular formula is C14H20BrNO2. The normalized spacial score (nSPS) is 20.1. The molecule has 0 aromatic heterocycles. The summed E-state index contributed by atoms with van der Waals surface area (Å²) in [5, 5.41) is 3.35. The van der Waals surface area contributed by atoms with E-state index >= 15 is 0 Å². The first-order valence-corrected chi connectivity index (χ1v) is 7.22. The van der Waals surface area contributed by atoms with Crippen LogP contribution in [-0.2, 0) is 11.2 Å². The van der Waals surface area contributed by atoms with Crippen LogP contribution in [-0.4, -0.2) is 31.9 Å². The van der Waals surface area contributed by atoms with Gasteiger partial charge >= 0.3 is 0 Å². The zero-order valence-electron chi connectivity index (χ0n) is 10.9. The quantitative estimate of drug-likeness (QED) is 0.927. The Morgan fingerprint density at radius 1 is 1.50 bits per heavy atom. The van der Waals surface area contributed by atoms with Gasteiger partial charge in [0.15, 0.2) is 0 Å². The Morgan fingerprint density at radius 2 is 2.33 bits per heavy atom. The number of hydrogen-bond donors (Lipinski definition) is 1. The summed E-state index contributed by atoms with van der Waals surface area (Å²) < 4.78 is 12.4. The lowest BCUT2D eigenvalue weighted by Crippen LogP contribution is -2.39. The van der Waals surface area contributed by atoms with Crippen molar-refractivity contribution in [2.24, 2.45) is 0 Å². The summed E-state index contributed by atoms with van der Waals surface area (Å²) in [4.78, 5) is 0. The topological polar surface area (TPSA) is 30.5 Å². The average Bonchev–Trinajstić information content (AvgIpc) is 2.33. The standard InChI is InChI=1S/C14H20BrNO2/c1-10(2)18-14-4-3-11(8-13(14)15)7-12-9-16-5-6-17-12/h3-4,8,10,12,16H,5-7,9H2,1-2H3. The van der Waals surface area contributed by atoms with Crippen molar-refractivity contribution in [1.29, 1.82) is 0 Å². The third-order valence-electron chi connectivity index (χ3n) is 2.83. The van der Waals surface area contributed by atoms with Gasteiger partial charge in [-0.2, -0.15) is 0 Å². The van der Waals surface area contributed by atoms with Gasteiger partial charge < -0.3 is 14.8 Å². The number of morpholine rings is 1. The summed E-state index contributed by atoms with van der Waals surface area (Å²) in [6, 6.07) is 6.26. The highest BCUT2D eigenvalue weighted by molar-refractivity contribution is 9.10. The van der Waals surface area contributed by atoms with Gasteiger partial charge in [0, 0.05) is 13.1 Å². The van der Waals surface area contributed by atoms with E-state index in [0.29, 0.717) is 0 Å². The van der Waals surface area contributed by atoms with Crippen molar-refractivity contribution in [3.05, 3.63) is 28.2 Å². The molecule has 3 nitrogen and oxygen atoms in total. The van der Waals surface area contributed by atoms with Crippen LogP contribution >= 0.6 is 15.9 Å². The molecule has 1 aliphatic rings. The second kappa shape index (κ2) is 6.55. The highest BCUT2D eigenvalue weighted by atomic mass is 79.9. The van der Waals surface area contributed by atoms with Crippen LogP contribution in [0, 0.1) is 0 Å². The van der Waals surface area contributed by atoms with E-state index in [1.54, 1.807) is 0 Å². The molecule has 1 aromatic rings. The maximum atomic E-state index is 5.71. The van der Waals surface area contributed by atoms with E-state index in [2.05, 4.69) is 33.4 Å². The molecule has 2 rings (SSSR count). The molecule has 4 heteroatoms. The zero-order valence-corrected chi connectivity index (χ0v) is 12.5. The maximum Gasteiger partial charge on any atom is 0.133 e. The Balaban J connectivity index is 1.99. The van der Waals surface area contributed by atoms with Gasteiger partial charge in [-0.25, -0.2) is 0 Å². The van der Waals surface area contributed by atoms with E-state index in [4.69, 9.17) is 9.47 Å². The molecule has 1 N–H and O–H groups in total. The van der Waals surface area contributed by atoms with Crippen molar-refractivity contribution in [2.45, 2.75) is 32.5 Å². The Hall–Kier alpha value is -0.580. The fraction of sp³-hybridized carbons (Fsp3) is 0.571. The minimum atomic E-state index is 0.193. The van der Waals surface area contributed by atoms with Gasteiger partial charge in [-0.1, -0.05) is 6.07 Å². The van der Waals surface area contributed by atoms with Crippen molar-refractivity contribution in [3.8, 4) is 5.75 Å². The molecule has 0 spiro atoms. The van der Waals surface area contributed by atoms with Crippen LogP contribution < -0.4 is 10.1 Å². The number of nitrogens with one attached hydrogen (secondary N) is 1. The highest BCUT2D eigenvalue weighted by Crippen LogP contribution is 2.27. The molecule has 100 valence electrons. The highest BCUT2D eigenvalue weighted by Gasteiger charge is 2.14. The van der Waals surface area contributed by atoms with Gasteiger partial charge in [0.2, 0.25) is 0 Å².